The summed E-state index contributed by atoms with van der Waals surface area (Å²) in [6.07, 6.45) is 7.13. The van der Waals surface area contributed by atoms with Gasteiger partial charge in [0.05, 0.1) is 62.3 Å². The van der Waals surface area contributed by atoms with Gasteiger partial charge in [-0.05, 0) is 97.2 Å². The molecule has 2 aromatic heterocycles. The fourth-order valence-corrected chi connectivity index (χ4v) is 10.8. The Hall–Kier alpha value is -5.74. The average molecular weight is 821 g/mol. The fourth-order valence-electron chi connectivity index (χ4n) is 10.8. The van der Waals surface area contributed by atoms with Crippen LogP contribution >= 0.6 is 0 Å². The van der Waals surface area contributed by atoms with E-state index in [1.54, 1.807) is 12.4 Å². The first-order chi connectivity index (χ1) is 28.9. The molecule has 9 rings (SSSR count). The number of hydrogen-bond acceptors (Lipinski definition) is 10. The van der Waals surface area contributed by atoms with Crippen molar-refractivity contribution in [1.82, 2.24) is 40.4 Å². The minimum atomic E-state index is -1.14. The number of benzene rings is 2. The van der Waals surface area contributed by atoms with Crippen LogP contribution in [0.15, 0.2) is 48.8 Å². The predicted octanol–water partition coefficient (Wildman–Crippen LogP) is 4.45. The molecular formula is C44H52N8O8. The third-order valence-electron chi connectivity index (χ3n) is 13.7. The van der Waals surface area contributed by atoms with E-state index in [1.165, 1.54) is 28.1 Å². The lowest BCUT2D eigenvalue weighted by molar-refractivity contribution is -0.140. The molecule has 2 saturated carbocycles. The van der Waals surface area contributed by atoms with E-state index in [9.17, 15) is 29.4 Å². The summed E-state index contributed by atoms with van der Waals surface area (Å²) in [7, 11) is 2.45. The van der Waals surface area contributed by atoms with Crippen LogP contribution in [0.2, 0.25) is 0 Å². The first-order valence-corrected chi connectivity index (χ1v) is 21.0. The Morgan fingerprint density at radius 3 is 1.47 bits per heavy atom. The number of nitrogens with one attached hydrogen (secondary N) is 4. The van der Waals surface area contributed by atoms with E-state index in [0.717, 1.165) is 94.8 Å². The Balaban J connectivity index is 0.955. The van der Waals surface area contributed by atoms with Gasteiger partial charge in [-0.15, -0.1) is 0 Å². The number of carbonyl (C=O) groups excluding carboxylic acids is 4. The number of aliphatic hydroxyl groups is 2. The molecule has 6 N–H and O–H groups in total. The van der Waals surface area contributed by atoms with E-state index in [-0.39, 0.29) is 36.0 Å². The molecule has 60 heavy (non-hydrogen) atoms. The Labute approximate surface area is 346 Å². The van der Waals surface area contributed by atoms with Crippen LogP contribution in [0.25, 0.3) is 22.5 Å². The van der Waals surface area contributed by atoms with E-state index >= 15 is 0 Å². The quantitative estimate of drug-likeness (QED) is 0.116. The lowest BCUT2D eigenvalue weighted by Gasteiger charge is -2.33. The molecule has 10 atom stereocenters. The van der Waals surface area contributed by atoms with Crippen molar-refractivity contribution in [3.05, 3.63) is 81.3 Å². The van der Waals surface area contributed by atoms with Gasteiger partial charge in [-0.1, -0.05) is 37.1 Å². The Kier molecular flexibility index (Phi) is 10.4. The smallest absolute Gasteiger partial charge is 0.407 e. The number of fused-ring (bicyclic) bond motifs is 4. The van der Waals surface area contributed by atoms with Crippen molar-refractivity contribution < 1.29 is 38.9 Å². The van der Waals surface area contributed by atoms with Crippen molar-refractivity contribution in [2.75, 3.05) is 14.2 Å². The predicted molar refractivity (Wildman–Crippen MR) is 216 cm³/mol. The number of alkyl carbamates (subject to hydrolysis) is 2. The number of carbonyl (C=O) groups is 4. The van der Waals surface area contributed by atoms with Crippen molar-refractivity contribution in [2.24, 2.45) is 11.8 Å². The molecular weight excluding hydrogens is 769 g/mol. The number of ether oxygens (including phenoxy) is 2. The molecule has 4 aromatic rings. The molecule has 0 spiro atoms. The molecule has 2 aliphatic heterocycles. The lowest BCUT2D eigenvalue weighted by Crippen LogP contribution is -2.55. The van der Waals surface area contributed by atoms with Crippen LogP contribution in [0, 0.1) is 32.7 Å². The Morgan fingerprint density at radius 1 is 0.667 bits per heavy atom. The molecule has 4 fully saturated rings. The Morgan fingerprint density at radius 2 is 1.08 bits per heavy atom. The number of methoxy groups -OCH3 is 2. The van der Waals surface area contributed by atoms with Crippen molar-refractivity contribution in [3.8, 4) is 22.5 Å². The van der Waals surface area contributed by atoms with Crippen LogP contribution in [0.5, 0.6) is 0 Å². The molecule has 0 radical (unpaired) electrons. The number of likely N-dealkylation sites (tertiary alicyclic amines) is 2. The minimum Gasteiger partial charge on any atom is -0.453 e. The monoisotopic (exact) mass is 820 g/mol. The number of hydrogen-bond donors (Lipinski definition) is 6. The van der Waals surface area contributed by atoms with Crippen molar-refractivity contribution in [1.29, 1.82) is 0 Å². The van der Waals surface area contributed by atoms with Crippen LogP contribution in [-0.4, -0.2) is 115 Å². The van der Waals surface area contributed by atoms with Crippen LogP contribution in [0.3, 0.4) is 0 Å². The molecule has 2 saturated heterocycles. The zero-order valence-corrected chi connectivity index (χ0v) is 34.2. The third-order valence-corrected chi connectivity index (χ3v) is 13.7. The second-order valence-electron chi connectivity index (χ2n) is 17.1. The molecule has 0 bridgehead atoms. The number of aromatic nitrogens is 4. The van der Waals surface area contributed by atoms with E-state index in [0.29, 0.717) is 23.5 Å². The number of imidazole rings is 2. The first kappa shape index (κ1) is 39.7. The van der Waals surface area contributed by atoms with Crippen molar-refractivity contribution >= 4 is 24.0 Å². The summed E-state index contributed by atoms with van der Waals surface area (Å²) in [5.41, 5.74) is 3.59. The summed E-state index contributed by atoms with van der Waals surface area (Å²) in [6.45, 7) is 2.98. The topological polar surface area (TPSA) is 215 Å². The van der Waals surface area contributed by atoms with Gasteiger partial charge in [-0.25, -0.2) is 19.6 Å². The summed E-state index contributed by atoms with van der Waals surface area (Å²) in [5.74, 6) is 1.30. The minimum absolute atomic E-state index is 0.00894. The highest BCUT2D eigenvalue weighted by atomic mass is 16.5. The number of aliphatic hydroxyl groups excluding tert-OH is 2. The van der Waals surface area contributed by atoms with Gasteiger partial charge >= 0.3 is 12.2 Å². The van der Waals surface area contributed by atoms with E-state index in [1.807, 2.05) is 9.80 Å². The van der Waals surface area contributed by atoms with E-state index in [4.69, 9.17) is 19.4 Å². The van der Waals surface area contributed by atoms with Crippen molar-refractivity contribution in [3.63, 3.8) is 0 Å². The zero-order valence-electron chi connectivity index (χ0n) is 34.2. The third kappa shape index (κ3) is 6.79. The first-order valence-electron chi connectivity index (χ1n) is 21.0. The van der Waals surface area contributed by atoms with E-state index in [2.05, 4.69) is 57.0 Å². The van der Waals surface area contributed by atoms with Gasteiger partial charge in [0.25, 0.3) is 0 Å². The number of amides is 4. The van der Waals surface area contributed by atoms with Gasteiger partial charge in [0.1, 0.15) is 23.7 Å². The average Bonchev–Trinajstić information content (AvgIpc) is 4.09. The van der Waals surface area contributed by atoms with E-state index < -0.39 is 36.5 Å². The van der Waals surface area contributed by atoms with Crippen LogP contribution < -0.4 is 10.6 Å². The number of nitrogens with zero attached hydrogens (tertiary/aromatic N) is 4. The molecule has 16 nitrogen and oxygen atoms in total. The molecule has 2 aromatic carbocycles. The van der Waals surface area contributed by atoms with Crippen LogP contribution in [0.4, 0.5) is 9.59 Å². The highest BCUT2D eigenvalue weighted by molar-refractivity contribution is 5.88. The second-order valence-corrected chi connectivity index (χ2v) is 17.1. The molecule has 4 amide bonds. The van der Waals surface area contributed by atoms with Gasteiger partial charge in [0, 0.05) is 23.2 Å². The highest BCUT2D eigenvalue weighted by Gasteiger charge is 2.51. The van der Waals surface area contributed by atoms with Gasteiger partial charge in [-0.2, -0.15) is 0 Å². The molecule has 5 aliphatic rings. The van der Waals surface area contributed by atoms with Gasteiger partial charge < -0.3 is 50.1 Å². The van der Waals surface area contributed by atoms with Crippen LogP contribution in [-0.2, 0) is 19.1 Å². The van der Waals surface area contributed by atoms with Crippen molar-refractivity contribution in [2.45, 2.75) is 114 Å². The highest BCUT2D eigenvalue weighted by Crippen LogP contribution is 2.49. The fraction of sp³-hybridized carbons (Fsp3) is 0.500. The zero-order chi connectivity index (χ0) is 42.0. The standard InChI is InChI=1S/C44H52N8O8/c1-21(53)37(49-43(57)59-3)41(55)51-33-9-5-7-25(33)17-35(51)39-45-19-31(47-39)23-11-13-27-29(15-23)28-14-12-24(16-30(27)28)32-20-46-40(48-32)36-18-26-8-6-10-34(26)52(36)42(56)38(22(2)54)50-44(58)60-4/h11-16,19-22,25-26,33-38,53-54H,5-10,17-18H2,1-4H3,(H,45,47)(H,46,48)(H,49,57)(H,50,58)/t21-,22-,25+,26+,33+,34+,35+,36+,37+,38+/m1/s1. The normalized spacial score (nSPS) is 25.6. The SMILES string of the molecule is COC(=O)N[C@H](C(=O)N1[C@H](c2ncc(-c3ccc4c(c3)=c3ccc(-c5cnc([C@@H]6C[C@@H]7CCC[C@@H]7N6C(=O)[C@@H](NC(=O)OC)[C@@H](C)O)[nH]5)cc3=4)[nH]2)C[C@@H]2CCC[C@@H]21)[C@@H](C)O. The number of rotatable bonds is 10. The molecule has 16 heteroatoms. The molecule has 0 unspecified atom stereocenters. The second kappa shape index (κ2) is 15.7. The maximum absolute atomic E-state index is 14.0. The lowest BCUT2D eigenvalue weighted by atomic mass is 9.96. The number of aromatic amines is 2. The molecule has 3 aliphatic carbocycles. The molecule has 316 valence electrons. The van der Waals surface area contributed by atoms with Crippen LogP contribution in [0.1, 0.15) is 88.9 Å². The summed E-state index contributed by atoms with van der Waals surface area (Å²) in [5, 5.41) is 30.6. The summed E-state index contributed by atoms with van der Waals surface area (Å²) in [4.78, 5) is 72.4. The largest absolute Gasteiger partial charge is 0.453 e. The number of H-pyrrole nitrogens is 2. The molecule has 4 heterocycles. The Bertz CT molecular complexity index is 2340. The maximum Gasteiger partial charge on any atom is 0.407 e. The summed E-state index contributed by atoms with van der Waals surface area (Å²) in [6, 6.07) is 9.74. The van der Waals surface area contributed by atoms with Gasteiger partial charge in [-0.3, -0.25) is 9.59 Å². The van der Waals surface area contributed by atoms with Gasteiger partial charge in [0.15, 0.2) is 0 Å². The maximum atomic E-state index is 14.0. The summed E-state index contributed by atoms with van der Waals surface area (Å²) < 4.78 is 9.49. The summed E-state index contributed by atoms with van der Waals surface area (Å²) >= 11 is 0. The van der Waals surface area contributed by atoms with Gasteiger partial charge in [0.2, 0.25) is 11.8 Å².